The van der Waals surface area contributed by atoms with Crippen molar-refractivity contribution in [2.75, 3.05) is 7.11 Å². The van der Waals surface area contributed by atoms with Crippen molar-refractivity contribution in [3.63, 3.8) is 0 Å². The van der Waals surface area contributed by atoms with E-state index in [1.807, 2.05) is 25.1 Å². The smallest absolute Gasteiger partial charge is 0.261 e. The van der Waals surface area contributed by atoms with E-state index < -0.39 is 6.10 Å². The molecule has 0 heterocycles. The minimum absolute atomic E-state index is 0.0758. The summed E-state index contributed by atoms with van der Waals surface area (Å²) in [6, 6.07) is 13.4. The van der Waals surface area contributed by atoms with E-state index in [1.165, 1.54) is 11.1 Å². The third-order valence-corrected chi connectivity index (χ3v) is 4.11. The van der Waals surface area contributed by atoms with E-state index in [0.717, 1.165) is 5.56 Å². The average molecular weight is 327 g/mol. The predicted molar refractivity (Wildman–Crippen MR) is 95.6 cm³/mol. The van der Waals surface area contributed by atoms with Crippen LogP contribution in [-0.2, 0) is 4.79 Å². The standard InChI is InChI=1S/C20H25NO3/c1-13-9-10-17(11-14(13)2)15(3)21-20(22)16(4)24-19-8-6-7-18(12-19)23-5/h6-12,15-16H,1-5H3,(H,21,22)/t15-,16-/m1/s1. The Labute approximate surface area is 143 Å². The lowest BCUT2D eigenvalue weighted by molar-refractivity contribution is -0.127. The lowest BCUT2D eigenvalue weighted by Crippen LogP contribution is -2.37. The lowest BCUT2D eigenvalue weighted by Gasteiger charge is -2.20. The summed E-state index contributed by atoms with van der Waals surface area (Å²) in [5.74, 6) is 1.16. The fourth-order valence-corrected chi connectivity index (χ4v) is 2.38. The summed E-state index contributed by atoms with van der Waals surface area (Å²) in [5, 5.41) is 3.00. The van der Waals surface area contributed by atoms with Gasteiger partial charge >= 0.3 is 0 Å². The fraction of sp³-hybridized carbons (Fsp3) is 0.350. The van der Waals surface area contributed by atoms with Gasteiger partial charge in [-0.25, -0.2) is 0 Å². The van der Waals surface area contributed by atoms with Crippen molar-refractivity contribution in [2.24, 2.45) is 0 Å². The Kier molecular flexibility index (Phi) is 5.85. The number of amides is 1. The van der Waals surface area contributed by atoms with Crippen molar-refractivity contribution in [1.82, 2.24) is 5.32 Å². The van der Waals surface area contributed by atoms with Gasteiger partial charge in [0.2, 0.25) is 0 Å². The molecular weight excluding hydrogens is 302 g/mol. The second kappa shape index (κ2) is 7.86. The third kappa shape index (κ3) is 4.51. The van der Waals surface area contributed by atoms with E-state index >= 15 is 0 Å². The highest BCUT2D eigenvalue weighted by Crippen LogP contribution is 2.21. The van der Waals surface area contributed by atoms with Crippen LogP contribution >= 0.6 is 0 Å². The van der Waals surface area contributed by atoms with Gasteiger partial charge in [-0.2, -0.15) is 0 Å². The molecule has 4 nitrogen and oxygen atoms in total. The van der Waals surface area contributed by atoms with Crippen molar-refractivity contribution in [3.05, 3.63) is 59.2 Å². The molecule has 4 heteroatoms. The minimum atomic E-state index is -0.592. The SMILES string of the molecule is COc1cccc(O[C@H](C)C(=O)N[C@H](C)c2ccc(C)c(C)c2)c1. The highest BCUT2D eigenvalue weighted by molar-refractivity contribution is 5.81. The summed E-state index contributed by atoms with van der Waals surface area (Å²) >= 11 is 0. The maximum atomic E-state index is 12.4. The Hall–Kier alpha value is -2.49. The van der Waals surface area contributed by atoms with Crippen molar-refractivity contribution in [3.8, 4) is 11.5 Å². The number of carbonyl (C=O) groups excluding carboxylic acids is 1. The molecule has 0 saturated heterocycles. The highest BCUT2D eigenvalue weighted by Gasteiger charge is 2.18. The number of hydrogen-bond donors (Lipinski definition) is 1. The zero-order valence-corrected chi connectivity index (χ0v) is 14.9. The molecule has 24 heavy (non-hydrogen) atoms. The molecule has 0 aliphatic carbocycles. The summed E-state index contributed by atoms with van der Waals surface area (Å²) < 4.78 is 10.9. The minimum Gasteiger partial charge on any atom is -0.497 e. The largest absolute Gasteiger partial charge is 0.497 e. The molecule has 2 atom stereocenters. The molecule has 0 unspecified atom stereocenters. The Morgan fingerprint density at radius 1 is 1.00 bits per heavy atom. The summed E-state index contributed by atoms with van der Waals surface area (Å²) in [6.07, 6.45) is -0.592. The Bertz CT molecular complexity index is 712. The zero-order valence-electron chi connectivity index (χ0n) is 14.9. The van der Waals surface area contributed by atoms with E-state index in [4.69, 9.17) is 9.47 Å². The van der Waals surface area contributed by atoms with E-state index in [-0.39, 0.29) is 11.9 Å². The van der Waals surface area contributed by atoms with Crippen molar-refractivity contribution >= 4 is 5.91 Å². The number of hydrogen-bond acceptors (Lipinski definition) is 3. The molecule has 0 aliphatic rings. The number of aryl methyl sites for hydroxylation is 2. The number of carbonyl (C=O) groups is 1. The number of rotatable bonds is 6. The molecule has 1 amide bonds. The van der Waals surface area contributed by atoms with Gasteiger partial charge in [-0.1, -0.05) is 24.3 Å². The molecule has 2 rings (SSSR count). The molecule has 0 spiro atoms. The molecule has 0 bridgehead atoms. The van der Waals surface area contributed by atoms with Crippen LogP contribution in [0.5, 0.6) is 11.5 Å². The van der Waals surface area contributed by atoms with Gasteiger partial charge in [0.1, 0.15) is 11.5 Å². The van der Waals surface area contributed by atoms with Crippen LogP contribution in [0.4, 0.5) is 0 Å². The fourth-order valence-electron chi connectivity index (χ4n) is 2.38. The first-order chi connectivity index (χ1) is 11.4. The van der Waals surface area contributed by atoms with Crippen LogP contribution in [0.2, 0.25) is 0 Å². The summed E-state index contributed by atoms with van der Waals surface area (Å²) in [5.41, 5.74) is 3.54. The first kappa shape index (κ1) is 17.9. The van der Waals surface area contributed by atoms with Gasteiger partial charge in [0.05, 0.1) is 13.2 Å². The molecule has 0 radical (unpaired) electrons. The molecule has 128 valence electrons. The highest BCUT2D eigenvalue weighted by atomic mass is 16.5. The number of benzene rings is 2. The van der Waals surface area contributed by atoms with Crippen LogP contribution < -0.4 is 14.8 Å². The molecule has 0 fully saturated rings. The number of methoxy groups -OCH3 is 1. The van der Waals surface area contributed by atoms with Crippen LogP contribution in [0, 0.1) is 13.8 Å². The first-order valence-electron chi connectivity index (χ1n) is 8.09. The van der Waals surface area contributed by atoms with Crippen LogP contribution in [-0.4, -0.2) is 19.1 Å². The molecule has 1 N–H and O–H groups in total. The Balaban J connectivity index is 1.98. The van der Waals surface area contributed by atoms with Gasteiger partial charge in [0, 0.05) is 6.07 Å². The Morgan fingerprint density at radius 3 is 2.38 bits per heavy atom. The molecule has 0 aliphatic heterocycles. The molecular formula is C20H25NO3. The number of ether oxygens (including phenoxy) is 2. The molecule has 0 aromatic heterocycles. The molecule has 2 aromatic carbocycles. The normalized spacial score (nSPS) is 13.0. The second-order valence-electron chi connectivity index (χ2n) is 6.01. The summed E-state index contributed by atoms with van der Waals surface area (Å²) in [4.78, 5) is 12.4. The maximum Gasteiger partial charge on any atom is 0.261 e. The van der Waals surface area contributed by atoms with Crippen molar-refractivity contribution < 1.29 is 14.3 Å². The summed E-state index contributed by atoms with van der Waals surface area (Å²) in [7, 11) is 1.60. The van der Waals surface area contributed by atoms with Gasteiger partial charge in [-0.15, -0.1) is 0 Å². The molecule has 2 aromatic rings. The van der Waals surface area contributed by atoms with Crippen molar-refractivity contribution in [2.45, 2.75) is 39.8 Å². The first-order valence-corrected chi connectivity index (χ1v) is 8.09. The summed E-state index contributed by atoms with van der Waals surface area (Å²) in [6.45, 7) is 7.86. The second-order valence-corrected chi connectivity index (χ2v) is 6.01. The van der Waals surface area contributed by atoms with E-state index in [0.29, 0.717) is 11.5 Å². The van der Waals surface area contributed by atoms with Gasteiger partial charge in [0.25, 0.3) is 5.91 Å². The number of nitrogens with one attached hydrogen (secondary N) is 1. The monoisotopic (exact) mass is 327 g/mol. The van der Waals surface area contributed by atoms with Gasteiger partial charge < -0.3 is 14.8 Å². The maximum absolute atomic E-state index is 12.4. The zero-order chi connectivity index (χ0) is 17.7. The lowest BCUT2D eigenvalue weighted by atomic mass is 10.0. The van der Waals surface area contributed by atoms with Gasteiger partial charge in [-0.05, 0) is 56.5 Å². The third-order valence-electron chi connectivity index (χ3n) is 4.11. The van der Waals surface area contributed by atoms with E-state index in [9.17, 15) is 4.79 Å². The van der Waals surface area contributed by atoms with E-state index in [1.54, 1.807) is 26.2 Å². The van der Waals surface area contributed by atoms with Crippen LogP contribution in [0.3, 0.4) is 0 Å². The van der Waals surface area contributed by atoms with Crippen LogP contribution in [0.25, 0.3) is 0 Å². The van der Waals surface area contributed by atoms with Crippen LogP contribution in [0.1, 0.15) is 36.6 Å². The topological polar surface area (TPSA) is 47.6 Å². The van der Waals surface area contributed by atoms with Gasteiger partial charge in [-0.3, -0.25) is 4.79 Å². The van der Waals surface area contributed by atoms with E-state index in [2.05, 4.69) is 31.3 Å². The average Bonchev–Trinajstić information content (AvgIpc) is 2.57. The Morgan fingerprint density at radius 2 is 1.71 bits per heavy atom. The predicted octanol–water partition coefficient (Wildman–Crippen LogP) is 3.96. The molecule has 0 saturated carbocycles. The van der Waals surface area contributed by atoms with Crippen molar-refractivity contribution in [1.29, 1.82) is 0 Å². The quantitative estimate of drug-likeness (QED) is 0.874. The van der Waals surface area contributed by atoms with Gasteiger partial charge in [0.15, 0.2) is 6.10 Å². The van der Waals surface area contributed by atoms with Crippen LogP contribution in [0.15, 0.2) is 42.5 Å².